The second-order valence-electron chi connectivity index (χ2n) is 6.55. The van der Waals surface area contributed by atoms with Crippen LogP contribution in [-0.2, 0) is 10.8 Å². The molecule has 98 valence electrons. The molecule has 0 unspecified atom stereocenters. The Kier molecular flexibility index (Phi) is 4.02. The third-order valence-corrected chi connectivity index (χ3v) is 3.39. The number of benzene rings is 1. The van der Waals surface area contributed by atoms with E-state index in [1.54, 1.807) is 0 Å². The monoisotopic (exact) mass is 263 g/mol. The van der Waals surface area contributed by atoms with E-state index in [1.807, 2.05) is 12.1 Å². The van der Waals surface area contributed by atoms with E-state index < -0.39 is 0 Å². The van der Waals surface area contributed by atoms with E-state index in [9.17, 15) is 5.11 Å². The van der Waals surface area contributed by atoms with Crippen LogP contribution >= 0.6 is 11.9 Å². The predicted molar refractivity (Wildman–Crippen MR) is 78.0 cm³/mol. The van der Waals surface area contributed by atoms with Crippen molar-refractivity contribution in [1.29, 1.82) is 0 Å². The van der Waals surface area contributed by atoms with Crippen molar-refractivity contribution in [3.63, 3.8) is 0 Å². The van der Waals surface area contributed by atoms with Crippen LogP contribution in [0.4, 0.5) is 0 Å². The summed E-state index contributed by atoms with van der Waals surface area (Å²) in [7, 11) is 0. The first-order valence-corrected chi connectivity index (χ1v) is 6.76. The molecule has 1 aromatic rings. The summed E-state index contributed by atoms with van der Waals surface area (Å²) in [6.45, 7) is 19.4. The molecule has 0 aliphatic carbocycles. The molecule has 0 amide bonds. The maximum Gasteiger partial charge on any atom is 0.294 e. The fourth-order valence-electron chi connectivity index (χ4n) is 1.86. The lowest BCUT2D eigenvalue weighted by atomic mass is 9.79. The van der Waals surface area contributed by atoms with Gasteiger partial charge >= 0.3 is 0 Å². The topological polar surface area (TPSA) is 24.6 Å². The predicted octanol–water partition coefficient (Wildman–Crippen LogP) is 4.91. The highest BCUT2D eigenvalue weighted by Gasteiger charge is 2.27. The van der Waals surface area contributed by atoms with Gasteiger partial charge in [-0.3, -0.25) is 0 Å². The number of phenols is 1. The molecule has 1 N–H and O–H groups in total. The van der Waals surface area contributed by atoms with Gasteiger partial charge < -0.3 is 5.11 Å². The van der Waals surface area contributed by atoms with Gasteiger partial charge in [0.25, 0.3) is 11.9 Å². The Balaban J connectivity index is 3.55. The quantitative estimate of drug-likeness (QED) is 0.575. The fourth-order valence-corrected chi connectivity index (χ4v) is 2.30. The number of hydrogen-bond acceptors (Lipinski definition) is 2. The summed E-state index contributed by atoms with van der Waals surface area (Å²) in [4.78, 5) is 0.901. The molecule has 0 aromatic heterocycles. The molecule has 0 bridgehead atoms. The summed E-state index contributed by atoms with van der Waals surface area (Å²) in [6.07, 6.45) is 0. The van der Waals surface area contributed by atoms with Crippen LogP contribution in [0.25, 0.3) is 4.25 Å². The van der Waals surface area contributed by atoms with Gasteiger partial charge in [-0.25, -0.2) is 10.8 Å². The van der Waals surface area contributed by atoms with Crippen molar-refractivity contribution in [3.8, 4) is 5.75 Å². The number of nitrogens with zero attached hydrogens (tertiary/aromatic N) is 1. The third-order valence-electron chi connectivity index (χ3n) is 2.85. The summed E-state index contributed by atoms with van der Waals surface area (Å²) in [5.41, 5.74) is 1.54. The minimum Gasteiger partial charge on any atom is -0.507 e. The van der Waals surface area contributed by atoms with Crippen LogP contribution in [0.2, 0.25) is 0 Å². The fraction of sp³-hybridized carbons (Fsp3) is 0.533. The van der Waals surface area contributed by atoms with Gasteiger partial charge in [0, 0.05) is 11.1 Å². The Morgan fingerprint density at radius 2 is 1.39 bits per heavy atom. The third kappa shape index (κ3) is 3.20. The van der Waals surface area contributed by atoms with Gasteiger partial charge in [0.2, 0.25) is 0 Å². The van der Waals surface area contributed by atoms with Crippen molar-refractivity contribution in [2.24, 2.45) is 0 Å². The second kappa shape index (κ2) is 4.85. The minimum absolute atomic E-state index is 0.136. The maximum atomic E-state index is 10.5. The number of aromatic hydroxyl groups is 1. The highest BCUT2D eigenvalue weighted by Crippen LogP contribution is 2.41. The van der Waals surface area contributed by atoms with Crippen molar-refractivity contribution in [1.82, 2.24) is 0 Å². The average Bonchev–Trinajstić information content (AvgIpc) is 2.17. The molecule has 0 heterocycles. The molecule has 0 atom stereocenters. The van der Waals surface area contributed by atoms with Crippen molar-refractivity contribution in [3.05, 3.63) is 34.1 Å². The lowest BCUT2D eigenvalue weighted by Gasteiger charge is -2.27. The van der Waals surface area contributed by atoms with Gasteiger partial charge in [-0.1, -0.05) is 41.5 Å². The summed E-state index contributed by atoms with van der Waals surface area (Å²) in [5, 5.41) is 10.5. The molecule has 0 aliphatic heterocycles. The van der Waals surface area contributed by atoms with E-state index in [1.165, 1.54) is 0 Å². The van der Waals surface area contributed by atoms with Gasteiger partial charge in [-0.2, -0.15) is 0 Å². The minimum atomic E-state index is -0.136. The Bertz CT molecular complexity index is 452. The molecule has 0 saturated heterocycles. The van der Waals surface area contributed by atoms with Crippen molar-refractivity contribution < 1.29 is 5.11 Å². The van der Waals surface area contributed by atoms with E-state index in [2.05, 4.69) is 45.8 Å². The van der Waals surface area contributed by atoms with Gasteiger partial charge in [0.15, 0.2) is 0 Å². The van der Waals surface area contributed by atoms with Crippen LogP contribution in [0.1, 0.15) is 52.7 Å². The van der Waals surface area contributed by atoms with Gasteiger partial charge in [-0.15, -0.1) is 0 Å². The van der Waals surface area contributed by atoms with Gasteiger partial charge in [0.1, 0.15) is 5.75 Å². The Morgan fingerprint density at radius 1 is 1.00 bits per heavy atom. The SMILES string of the molecule is [C-]#[N+]Sc1cc(C(C)(C)C)c(O)c(C(C)(C)C)c1. The second-order valence-corrected chi connectivity index (χ2v) is 7.39. The molecular weight excluding hydrogens is 242 g/mol. The van der Waals surface area contributed by atoms with Gasteiger partial charge in [0.05, 0.1) is 4.90 Å². The van der Waals surface area contributed by atoms with E-state index in [0.717, 1.165) is 28.0 Å². The Hall–Kier alpha value is -1.14. The van der Waals surface area contributed by atoms with E-state index in [0.29, 0.717) is 5.75 Å². The molecule has 0 spiro atoms. The molecule has 0 fully saturated rings. The molecule has 0 aliphatic rings. The van der Waals surface area contributed by atoms with E-state index in [-0.39, 0.29) is 10.8 Å². The zero-order valence-corrected chi connectivity index (χ0v) is 12.8. The van der Waals surface area contributed by atoms with Crippen molar-refractivity contribution in [2.75, 3.05) is 0 Å². The smallest absolute Gasteiger partial charge is 0.294 e. The van der Waals surface area contributed by atoms with Gasteiger partial charge in [-0.05, 0) is 23.0 Å². The first kappa shape index (κ1) is 14.9. The number of phenolic OH excluding ortho intramolecular Hbond substituents is 1. The normalized spacial score (nSPS) is 12.3. The van der Waals surface area contributed by atoms with E-state index >= 15 is 0 Å². The lowest BCUT2D eigenvalue weighted by molar-refractivity contribution is 0.422. The zero-order valence-electron chi connectivity index (χ0n) is 12.0. The van der Waals surface area contributed by atoms with Crippen molar-refractivity contribution in [2.45, 2.75) is 57.3 Å². The number of hydrogen-bond donors (Lipinski definition) is 1. The van der Waals surface area contributed by atoms with Crippen LogP contribution < -0.4 is 0 Å². The molecule has 1 rings (SSSR count). The Morgan fingerprint density at radius 3 is 1.67 bits per heavy atom. The molecule has 1 aromatic carbocycles. The van der Waals surface area contributed by atoms with Crippen LogP contribution in [-0.4, -0.2) is 5.11 Å². The summed E-state index contributed by atoms with van der Waals surface area (Å²) >= 11 is 1.13. The first-order valence-electron chi connectivity index (χ1n) is 5.99. The number of rotatable bonds is 1. The summed E-state index contributed by atoms with van der Waals surface area (Å²) < 4.78 is 3.37. The Labute approximate surface area is 114 Å². The van der Waals surface area contributed by atoms with Crippen LogP contribution in [0, 0.1) is 6.57 Å². The summed E-state index contributed by atoms with van der Waals surface area (Å²) in [6, 6.07) is 3.85. The molecule has 2 nitrogen and oxygen atoms in total. The van der Waals surface area contributed by atoms with Crippen LogP contribution in [0.5, 0.6) is 5.75 Å². The zero-order chi connectivity index (χ0) is 14.1. The largest absolute Gasteiger partial charge is 0.507 e. The van der Waals surface area contributed by atoms with E-state index in [4.69, 9.17) is 6.57 Å². The molecule has 3 heteroatoms. The van der Waals surface area contributed by atoms with Crippen LogP contribution in [0.3, 0.4) is 0 Å². The highest BCUT2D eigenvalue weighted by molar-refractivity contribution is 8.01. The standard InChI is InChI=1S/C15H21NOS/c1-14(2,3)11-8-10(18-16-7)9-12(13(11)17)15(4,5)6/h8-9,17H,1-6H3. The molecular formula is C15H21NOS. The maximum absolute atomic E-state index is 10.5. The lowest BCUT2D eigenvalue weighted by Crippen LogP contribution is -2.17. The molecule has 18 heavy (non-hydrogen) atoms. The molecule has 0 radical (unpaired) electrons. The van der Waals surface area contributed by atoms with Crippen LogP contribution in [0.15, 0.2) is 17.0 Å². The highest BCUT2D eigenvalue weighted by atomic mass is 32.2. The average molecular weight is 263 g/mol. The summed E-state index contributed by atoms with van der Waals surface area (Å²) in [5.74, 6) is 0.365. The van der Waals surface area contributed by atoms with Crippen molar-refractivity contribution >= 4 is 11.9 Å². The first-order chi connectivity index (χ1) is 8.07. The molecule has 0 saturated carbocycles.